The molecule has 1 aliphatic heterocycles. The van der Waals surface area contributed by atoms with Crippen molar-refractivity contribution in [2.24, 2.45) is 11.3 Å². The average molecular weight is 385 g/mol. The van der Waals surface area contributed by atoms with Gasteiger partial charge in [0.1, 0.15) is 5.75 Å². The van der Waals surface area contributed by atoms with Crippen LogP contribution in [-0.4, -0.2) is 31.3 Å². The number of carboxylic acid groups (broad SMARTS) is 1. The van der Waals surface area contributed by atoms with Gasteiger partial charge in [-0.05, 0) is 68.1 Å². The van der Waals surface area contributed by atoms with Crippen molar-refractivity contribution < 1.29 is 27.8 Å². The quantitative estimate of drug-likeness (QED) is 0.795. The Morgan fingerprint density at radius 3 is 2.37 bits per heavy atom. The summed E-state index contributed by atoms with van der Waals surface area (Å²) in [6, 6.07) is 3.62. The largest absolute Gasteiger partial charge is 0.495 e. The van der Waals surface area contributed by atoms with Gasteiger partial charge in [-0.2, -0.15) is 13.2 Å². The third-order valence-electron chi connectivity index (χ3n) is 6.30. The molecule has 0 radical (unpaired) electrons. The molecule has 4 nitrogen and oxygen atoms in total. The van der Waals surface area contributed by atoms with Crippen molar-refractivity contribution in [3.8, 4) is 5.75 Å². The van der Waals surface area contributed by atoms with Crippen LogP contribution < -0.4 is 9.64 Å². The predicted octanol–water partition coefficient (Wildman–Crippen LogP) is 4.97. The molecule has 1 heterocycles. The molecule has 1 saturated heterocycles. The molecule has 1 saturated carbocycles. The van der Waals surface area contributed by atoms with Gasteiger partial charge in [0.25, 0.3) is 0 Å². The summed E-state index contributed by atoms with van der Waals surface area (Å²) in [6.07, 6.45) is 1.60. The maximum Gasteiger partial charge on any atom is 0.416 e. The minimum absolute atomic E-state index is 0.209. The second kappa shape index (κ2) is 7.60. The van der Waals surface area contributed by atoms with E-state index in [0.717, 1.165) is 44.6 Å². The van der Waals surface area contributed by atoms with Gasteiger partial charge in [0.05, 0.1) is 18.4 Å². The van der Waals surface area contributed by atoms with Crippen LogP contribution in [0.4, 0.5) is 18.9 Å². The highest BCUT2D eigenvalue weighted by molar-refractivity contribution is 5.67. The lowest BCUT2D eigenvalue weighted by atomic mass is 9.65. The van der Waals surface area contributed by atoms with E-state index in [2.05, 4.69) is 0 Å². The zero-order valence-corrected chi connectivity index (χ0v) is 15.5. The van der Waals surface area contributed by atoms with Crippen LogP contribution in [0.2, 0.25) is 0 Å². The average Bonchev–Trinajstić information content (AvgIpc) is 2.63. The van der Waals surface area contributed by atoms with Crippen molar-refractivity contribution in [1.82, 2.24) is 0 Å². The van der Waals surface area contributed by atoms with Crippen molar-refractivity contribution in [1.29, 1.82) is 0 Å². The number of benzene rings is 1. The van der Waals surface area contributed by atoms with E-state index in [9.17, 15) is 18.0 Å². The minimum Gasteiger partial charge on any atom is -0.495 e. The monoisotopic (exact) mass is 385 g/mol. The minimum atomic E-state index is -4.37. The molecule has 0 amide bonds. The molecule has 1 aromatic rings. The summed E-state index contributed by atoms with van der Waals surface area (Å²) in [4.78, 5) is 12.9. The number of carbonyl (C=O) groups is 1. The number of ether oxygens (including phenoxy) is 1. The van der Waals surface area contributed by atoms with Crippen molar-refractivity contribution in [3.05, 3.63) is 23.8 Å². The summed E-state index contributed by atoms with van der Waals surface area (Å²) in [5.74, 6) is -0.0127. The maximum absolute atomic E-state index is 13.1. The van der Waals surface area contributed by atoms with Crippen LogP contribution >= 0.6 is 0 Å². The van der Waals surface area contributed by atoms with Crippen LogP contribution in [-0.2, 0) is 11.0 Å². The molecule has 2 aliphatic rings. The summed E-state index contributed by atoms with van der Waals surface area (Å²) < 4.78 is 44.5. The molecule has 0 atom stereocenters. The Kier molecular flexibility index (Phi) is 5.58. The molecule has 1 spiro atoms. The van der Waals surface area contributed by atoms with Gasteiger partial charge in [0.2, 0.25) is 0 Å². The molecule has 1 aliphatic carbocycles. The Hall–Kier alpha value is -1.92. The van der Waals surface area contributed by atoms with E-state index in [0.29, 0.717) is 24.5 Å². The third-order valence-corrected chi connectivity index (χ3v) is 6.30. The summed E-state index contributed by atoms with van der Waals surface area (Å²) >= 11 is 0. The molecule has 27 heavy (non-hydrogen) atoms. The van der Waals surface area contributed by atoms with Crippen LogP contribution in [0.5, 0.6) is 5.75 Å². The molecule has 0 aromatic heterocycles. The lowest BCUT2D eigenvalue weighted by Crippen LogP contribution is -2.42. The molecule has 3 rings (SSSR count). The molecule has 0 bridgehead atoms. The summed E-state index contributed by atoms with van der Waals surface area (Å²) in [6.45, 7) is 1.39. The van der Waals surface area contributed by atoms with Gasteiger partial charge in [-0.3, -0.25) is 4.79 Å². The predicted molar refractivity (Wildman–Crippen MR) is 96.1 cm³/mol. The first-order valence-corrected chi connectivity index (χ1v) is 9.44. The Morgan fingerprint density at radius 1 is 1.22 bits per heavy atom. The smallest absolute Gasteiger partial charge is 0.416 e. The molecule has 2 fully saturated rings. The summed E-state index contributed by atoms with van der Waals surface area (Å²) in [5, 5.41) is 8.96. The van der Waals surface area contributed by atoms with Gasteiger partial charge >= 0.3 is 12.1 Å². The van der Waals surface area contributed by atoms with E-state index in [4.69, 9.17) is 9.84 Å². The number of anilines is 1. The molecular formula is C20H26F3NO3. The normalized spacial score (nSPS) is 20.7. The van der Waals surface area contributed by atoms with Crippen LogP contribution in [0.15, 0.2) is 18.2 Å². The van der Waals surface area contributed by atoms with E-state index >= 15 is 0 Å². The van der Waals surface area contributed by atoms with E-state index in [-0.39, 0.29) is 17.8 Å². The number of aliphatic carboxylic acids is 1. The number of alkyl halides is 3. The number of methoxy groups -OCH3 is 1. The first kappa shape index (κ1) is 19.8. The summed E-state index contributed by atoms with van der Waals surface area (Å²) in [5.41, 5.74) is 0.0508. The van der Waals surface area contributed by atoms with E-state index in [1.54, 1.807) is 0 Å². The number of piperidine rings is 1. The highest BCUT2D eigenvalue weighted by atomic mass is 19.4. The number of hydrogen-bond donors (Lipinski definition) is 1. The lowest BCUT2D eigenvalue weighted by molar-refractivity contribution is -0.139. The number of carboxylic acids is 1. The fraction of sp³-hybridized carbons (Fsp3) is 0.650. The highest BCUT2D eigenvalue weighted by Gasteiger charge is 2.39. The topological polar surface area (TPSA) is 49.8 Å². The first-order chi connectivity index (χ1) is 12.7. The van der Waals surface area contributed by atoms with E-state index in [1.807, 2.05) is 4.90 Å². The van der Waals surface area contributed by atoms with E-state index in [1.165, 1.54) is 19.2 Å². The van der Waals surface area contributed by atoms with Crippen molar-refractivity contribution in [2.75, 3.05) is 25.1 Å². The van der Waals surface area contributed by atoms with Crippen LogP contribution in [0, 0.1) is 11.3 Å². The highest BCUT2D eigenvalue weighted by Crippen LogP contribution is 2.48. The number of hydrogen-bond acceptors (Lipinski definition) is 3. The van der Waals surface area contributed by atoms with Gasteiger partial charge in [-0.15, -0.1) is 0 Å². The Balaban J connectivity index is 1.67. The van der Waals surface area contributed by atoms with Gasteiger partial charge < -0.3 is 14.7 Å². The van der Waals surface area contributed by atoms with Gasteiger partial charge in [0.15, 0.2) is 0 Å². The van der Waals surface area contributed by atoms with Crippen molar-refractivity contribution in [3.63, 3.8) is 0 Å². The van der Waals surface area contributed by atoms with Crippen molar-refractivity contribution >= 4 is 11.7 Å². The standard InChI is InChI=1S/C20H26F3NO3/c1-27-17-3-2-15(20(21,22)23)13-16(17)24-10-8-19(9-11-24)6-4-14(5-7-19)12-18(25)26/h2-3,13-14H,4-12H2,1H3,(H,25,26). The second-order valence-corrected chi connectivity index (χ2v) is 7.91. The summed E-state index contributed by atoms with van der Waals surface area (Å²) in [7, 11) is 1.47. The van der Waals surface area contributed by atoms with Gasteiger partial charge in [-0.1, -0.05) is 0 Å². The zero-order valence-electron chi connectivity index (χ0n) is 15.5. The van der Waals surface area contributed by atoms with Crippen LogP contribution in [0.25, 0.3) is 0 Å². The first-order valence-electron chi connectivity index (χ1n) is 9.44. The van der Waals surface area contributed by atoms with Crippen LogP contribution in [0.1, 0.15) is 50.5 Å². The van der Waals surface area contributed by atoms with Crippen molar-refractivity contribution in [2.45, 2.75) is 51.1 Å². The molecular weight excluding hydrogens is 359 g/mol. The molecule has 0 unspecified atom stereocenters. The van der Waals surface area contributed by atoms with Crippen LogP contribution in [0.3, 0.4) is 0 Å². The lowest BCUT2D eigenvalue weighted by Gasteiger charge is -2.46. The fourth-order valence-corrected chi connectivity index (χ4v) is 4.58. The zero-order chi connectivity index (χ0) is 19.7. The molecule has 7 heteroatoms. The Bertz CT molecular complexity index is 672. The Morgan fingerprint density at radius 2 is 1.85 bits per heavy atom. The second-order valence-electron chi connectivity index (χ2n) is 7.91. The molecule has 1 aromatic carbocycles. The third kappa shape index (κ3) is 4.50. The van der Waals surface area contributed by atoms with Gasteiger partial charge in [0, 0.05) is 19.5 Å². The maximum atomic E-state index is 13.1. The number of nitrogens with zero attached hydrogens (tertiary/aromatic N) is 1. The SMILES string of the molecule is COc1ccc(C(F)(F)F)cc1N1CCC2(CCC(CC(=O)O)CC2)CC1. The fourth-order valence-electron chi connectivity index (χ4n) is 4.58. The number of rotatable bonds is 4. The molecule has 1 N–H and O–H groups in total. The Labute approximate surface area is 157 Å². The van der Waals surface area contributed by atoms with Gasteiger partial charge in [-0.25, -0.2) is 0 Å². The molecule has 150 valence electrons. The number of halogens is 3. The van der Waals surface area contributed by atoms with E-state index < -0.39 is 17.7 Å².